The molecule has 1 aromatic heterocycles. The molecule has 1 fully saturated rings. The number of β-lactam (4-membered cyclic amide) rings is 1. The van der Waals surface area contributed by atoms with E-state index in [0.717, 1.165) is 9.80 Å². The summed E-state index contributed by atoms with van der Waals surface area (Å²) in [6.07, 6.45) is 3.14. The minimum absolute atomic E-state index is 0.0495. The predicted octanol–water partition coefficient (Wildman–Crippen LogP) is 3.34. The minimum Gasteiger partial charge on any atom is -0.456 e. The van der Waals surface area contributed by atoms with Crippen molar-refractivity contribution in [1.82, 2.24) is 9.88 Å². The number of nitrogens with zero attached hydrogens (tertiary/aromatic N) is 3. The van der Waals surface area contributed by atoms with Crippen molar-refractivity contribution in [2.75, 3.05) is 5.08 Å². The minimum atomic E-state index is -0.801. The Hall–Kier alpha value is -2.89. The van der Waals surface area contributed by atoms with E-state index in [1.54, 1.807) is 31.1 Å². The molecule has 172 valence electrons. The molecule has 0 saturated carbocycles. The zero-order chi connectivity index (χ0) is 23.5. The number of carbonyl (C=O) groups is 2. The number of nitro groups is 1. The summed E-state index contributed by atoms with van der Waals surface area (Å²) in [5.74, 6) is -1.44. The largest absolute Gasteiger partial charge is 0.456 e. The van der Waals surface area contributed by atoms with Gasteiger partial charge in [0.05, 0.1) is 23.0 Å². The number of esters is 1. The van der Waals surface area contributed by atoms with Crippen molar-refractivity contribution in [2.24, 2.45) is 5.92 Å². The lowest BCUT2D eigenvalue weighted by molar-refractivity contribution is -0.384. The number of hydrogen-bond acceptors (Lipinski definition) is 9. The van der Waals surface area contributed by atoms with E-state index in [2.05, 4.69) is 4.98 Å². The molecule has 2 aromatic rings. The van der Waals surface area contributed by atoms with Crippen LogP contribution in [0.15, 0.2) is 64.3 Å². The highest BCUT2D eigenvalue weighted by molar-refractivity contribution is 8.17. The Morgan fingerprint density at radius 1 is 1.33 bits per heavy atom. The molecule has 3 heterocycles. The second-order valence-electron chi connectivity index (χ2n) is 7.61. The van der Waals surface area contributed by atoms with Crippen LogP contribution in [0.1, 0.15) is 18.9 Å². The second-order valence-corrected chi connectivity index (χ2v) is 10.1. The van der Waals surface area contributed by atoms with Crippen LogP contribution in [0.2, 0.25) is 0 Å². The van der Waals surface area contributed by atoms with E-state index in [4.69, 9.17) is 4.74 Å². The van der Waals surface area contributed by atoms with Crippen LogP contribution in [0.25, 0.3) is 0 Å². The number of nitro benzene ring substituents is 1. The normalized spacial score (nSPS) is 20.3. The van der Waals surface area contributed by atoms with Crippen molar-refractivity contribution in [3.05, 3.63) is 75.1 Å². The number of thioether (sulfide) groups is 2. The molecule has 2 aliphatic heterocycles. The first-order valence-electron chi connectivity index (χ1n) is 10.2. The highest BCUT2D eigenvalue weighted by Gasteiger charge is 2.57. The summed E-state index contributed by atoms with van der Waals surface area (Å²) in [5, 5.41) is 21.4. The number of non-ortho nitro benzene ring substituents is 1. The first-order valence-corrected chi connectivity index (χ1v) is 12.1. The molecule has 33 heavy (non-hydrogen) atoms. The van der Waals surface area contributed by atoms with Crippen LogP contribution < -0.4 is 0 Å². The predicted molar refractivity (Wildman–Crippen MR) is 123 cm³/mol. The zero-order valence-electron chi connectivity index (χ0n) is 17.6. The molecule has 3 atom stereocenters. The van der Waals surface area contributed by atoms with Crippen molar-refractivity contribution in [1.29, 1.82) is 0 Å². The van der Waals surface area contributed by atoms with Gasteiger partial charge < -0.3 is 14.7 Å². The first-order chi connectivity index (χ1) is 15.9. The van der Waals surface area contributed by atoms with E-state index in [9.17, 15) is 24.8 Å². The molecular weight excluding hydrogens is 466 g/mol. The summed E-state index contributed by atoms with van der Waals surface area (Å²) in [6, 6.07) is 9.27. The first kappa shape index (κ1) is 23.3. The van der Waals surface area contributed by atoms with Gasteiger partial charge in [-0.25, -0.2) is 4.79 Å². The number of fused-ring (bicyclic) bond motifs is 1. The van der Waals surface area contributed by atoms with Gasteiger partial charge in [-0.1, -0.05) is 0 Å². The van der Waals surface area contributed by atoms with Crippen molar-refractivity contribution < 1.29 is 24.4 Å². The number of ether oxygens (including phenoxy) is 1. The number of aliphatic hydroxyl groups excluding tert-OH is 1. The van der Waals surface area contributed by atoms with Crippen molar-refractivity contribution in [3.8, 4) is 0 Å². The van der Waals surface area contributed by atoms with Gasteiger partial charge >= 0.3 is 5.97 Å². The summed E-state index contributed by atoms with van der Waals surface area (Å²) >= 11 is 3.04. The Labute approximate surface area is 198 Å². The summed E-state index contributed by atoms with van der Waals surface area (Å²) < 4.78 is 5.45. The quantitative estimate of drug-likeness (QED) is 0.142. The SMILES string of the molecule is C[C@@H](O)[C@H]1C(=O)N2C(C(=O)OCc3ccc([N+](=O)[O-])cc3)=C(SCSc3cccnc3)C[C@H]12. The molecule has 0 aliphatic carbocycles. The van der Waals surface area contributed by atoms with E-state index in [-0.39, 0.29) is 29.9 Å². The zero-order valence-corrected chi connectivity index (χ0v) is 19.3. The maximum atomic E-state index is 13.0. The van der Waals surface area contributed by atoms with Gasteiger partial charge in [0.2, 0.25) is 5.91 Å². The number of hydrogen-bond donors (Lipinski definition) is 1. The Kier molecular flexibility index (Phi) is 7.01. The molecule has 4 rings (SSSR count). The Balaban J connectivity index is 1.46. The molecule has 0 spiro atoms. The van der Waals surface area contributed by atoms with Crippen molar-refractivity contribution in [2.45, 2.75) is 37.0 Å². The third-order valence-corrected chi connectivity index (χ3v) is 7.72. The summed E-state index contributed by atoms with van der Waals surface area (Å²) in [6.45, 7) is 1.51. The number of pyridine rings is 1. The lowest BCUT2D eigenvalue weighted by atomic mass is 9.83. The monoisotopic (exact) mass is 487 g/mol. The highest BCUT2D eigenvalue weighted by atomic mass is 32.2. The third kappa shape index (κ3) is 4.90. The maximum absolute atomic E-state index is 13.0. The van der Waals surface area contributed by atoms with E-state index in [1.807, 2.05) is 12.1 Å². The van der Waals surface area contributed by atoms with Gasteiger partial charge in [0.25, 0.3) is 5.69 Å². The average Bonchev–Trinajstić information content (AvgIpc) is 3.12. The van der Waals surface area contributed by atoms with E-state index in [0.29, 0.717) is 17.1 Å². The van der Waals surface area contributed by atoms with Crippen LogP contribution in [-0.2, 0) is 20.9 Å². The number of aliphatic hydroxyl groups is 1. The number of rotatable bonds is 9. The third-order valence-electron chi connectivity index (χ3n) is 5.49. The van der Waals surface area contributed by atoms with Gasteiger partial charge in [-0.15, -0.1) is 23.5 Å². The Bertz CT molecular complexity index is 1090. The van der Waals surface area contributed by atoms with Crippen LogP contribution in [-0.4, -0.2) is 49.0 Å². The van der Waals surface area contributed by atoms with Crippen LogP contribution in [0.5, 0.6) is 0 Å². The molecule has 0 unspecified atom stereocenters. The van der Waals surface area contributed by atoms with Crippen molar-refractivity contribution in [3.63, 3.8) is 0 Å². The van der Waals surface area contributed by atoms with Crippen LogP contribution in [0.3, 0.4) is 0 Å². The van der Waals surface area contributed by atoms with E-state index in [1.165, 1.54) is 40.9 Å². The molecule has 2 aliphatic rings. The van der Waals surface area contributed by atoms with E-state index < -0.39 is 22.9 Å². The molecule has 1 amide bonds. The van der Waals surface area contributed by atoms with E-state index >= 15 is 0 Å². The fraction of sp³-hybridized carbons (Fsp3) is 0.318. The second kappa shape index (κ2) is 9.94. The number of amides is 1. The molecular formula is C22H21N3O6S2. The molecule has 0 radical (unpaired) electrons. The summed E-state index contributed by atoms with van der Waals surface area (Å²) in [7, 11) is 0. The smallest absolute Gasteiger partial charge is 0.356 e. The maximum Gasteiger partial charge on any atom is 0.356 e. The van der Waals surface area contributed by atoms with Crippen molar-refractivity contribution >= 4 is 41.1 Å². The highest BCUT2D eigenvalue weighted by Crippen LogP contribution is 2.48. The molecule has 1 saturated heterocycles. The topological polar surface area (TPSA) is 123 Å². The number of carbonyl (C=O) groups excluding carboxylic acids is 2. The molecule has 9 nitrogen and oxygen atoms in total. The lowest BCUT2D eigenvalue weighted by Gasteiger charge is -2.44. The van der Waals surface area contributed by atoms with Gasteiger partial charge in [-0.2, -0.15) is 0 Å². The fourth-order valence-electron chi connectivity index (χ4n) is 3.88. The average molecular weight is 488 g/mol. The molecule has 1 aromatic carbocycles. The van der Waals surface area contributed by atoms with Gasteiger partial charge in [0.15, 0.2) is 0 Å². The van der Waals surface area contributed by atoms with Gasteiger partial charge in [0, 0.05) is 45.8 Å². The van der Waals surface area contributed by atoms with Gasteiger partial charge in [0.1, 0.15) is 12.3 Å². The summed E-state index contributed by atoms with van der Waals surface area (Å²) in [4.78, 5) is 43.2. The Morgan fingerprint density at radius 2 is 2.09 bits per heavy atom. The Morgan fingerprint density at radius 3 is 2.73 bits per heavy atom. The van der Waals surface area contributed by atoms with Crippen LogP contribution in [0.4, 0.5) is 5.69 Å². The lowest BCUT2D eigenvalue weighted by Crippen LogP contribution is -2.61. The number of aromatic nitrogens is 1. The molecule has 0 bridgehead atoms. The van der Waals surface area contributed by atoms with Gasteiger partial charge in [-0.3, -0.25) is 19.9 Å². The van der Waals surface area contributed by atoms with Crippen LogP contribution in [0, 0.1) is 16.0 Å². The summed E-state index contributed by atoms with van der Waals surface area (Å²) in [5.41, 5.74) is 0.773. The standard InChI is InChI=1S/C22H21N3O6S2/c1-13(26)19-17-9-18(33-12-32-16-3-2-8-23-10-16)20(24(17)21(19)27)22(28)31-11-14-4-6-15(7-5-14)25(29)30/h2-8,10,13,17,19,26H,9,11-12H2,1H3/t13-,17-,19-/m1/s1. The van der Waals surface area contributed by atoms with Crippen LogP contribution >= 0.6 is 23.5 Å². The molecule has 11 heteroatoms. The fourth-order valence-corrected chi connectivity index (χ4v) is 6.15. The van der Waals surface area contributed by atoms with Gasteiger partial charge in [-0.05, 0) is 36.8 Å². The molecule has 1 N–H and O–H groups in total. The number of benzene rings is 1.